The first kappa shape index (κ1) is 22.6. The zero-order valence-electron chi connectivity index (χ0n) is 17.0. The third-order valence-electron chi connectivity index (χ3n) is 4.92. The van der Waals surface area contributed by atoms with E-state index in [2.05, 4.69) is 4.72 Å². The second-order valence-electron chi connectivity index (χ2n) is 7.14. The minimum absolute atomic E-state index is 0.0188. The molecule has 0 heterocycles. The molecule has 0 amide bonds. The summed E-state index contributed by atoms with van der Waals surface area (Å²) in [5, 5.41) is 20.4. The van der Waals surface area contributed by atoms with Crippen LogP contribution >= 0.6 is 11.8 Å². The van der Waals surface area contributed by atoms with Gasteiger partial charge in [-0.05, 0) is 41.5 Å². The molecule has 0 saturated carbocycles. The van der Waals surface area contributed by atoms with Gasteiger partial charge in [0.05, 0.1) is 21.2 Å². The minimum atomic E-state index is -3.99. The van der Waals surface area contributed by atoms with Crippen molar-refractivity contribution in [2.75, 3.05) is 10.5 Å². The van der Waals surface area contributed by atoms with Gasteiger partial charge in [0.25, 0.3) is 10.0 Å². The fraction of sp³-hybridized carbons (Fsp3) is 0.0417. The molecule has 0 saturated heterocycles. The summed E-state index contributed by atoms with van der Waals surface area (Å²) in [6.45, 7) is 0. The fourth-order valence-corrected chi connectivity index (χ4v) is 5.14. The number of phenolic OH excluding ortho intramolecular Hbond substituents is 1. The van der Waals surface area contributed by atoms with Crippen LogP contribution in [0.3, 0.4) is 0 Å². The van der Waals surface area contributed by atoms with Crippen LogP contribution in [-0.2, 0) is 14.8 Å². The summed E-state index contributed by atoms with van der Waals surface area (Å²) in [7, 11) is -3.99. The lowest BCUT2D eigenvalue weighted by Gasteiger charge is -2.15. The van der Waals surface area contributed by atoms with E-state index in [9.17, 15) is 22.7 Å². The molecule has 3 N–H and O–H groups in total. The number of halogens is 1. The van der Waals surface area contributed by atoms with Crippen LogP contribution in [0.15, 0.2) is 88.7 Å². The molecule has 6 nitrogen and oxygen atoms in total. The molecule has 0 spiro atoms. The number of fused-ring (bicyclic) bond motifs is 1. The van der Waals surface area contributed by atoms with Gasteiger partial charge < -0.3 is 10.2 Å². The van der Waals surface area contributed by atoms with Crippen molar-refractivity contribution >= 4 is 44.2 Å². The lowest BCUT2D eigenvalue weighted by molar-refractivity contribution is -0.133. The summed E-state index contributed by atoms with van der Waals surface area (Å²) in [6.07, 6.45) is 0. The predicted molar refractivity (Wildman–Crippen MR) is 127 cm³/mol. The molecule has 9 heteroatoms. The number of thioether (sulfide) groups is 1. The largest absolute Gasteiger partial charge is 0.506 e. The van der Waals surface area contributed by atoms with E-state index in [0.29, 0.717) is 10.8 Å². The molecule has 33 heavy (non-hydrogen) atoms. The van der Waals surface area contributed by atoms with E-state index in [1.807, 2.05) is 0 Å². The molecule has 4 aromatic carbocycles. The van der Waals surface area contributed by atoms with Crippen molar-refractivity contribution in [1.82, 2.24) is 0 Å². The molecule has 0 aliphatic heterocycles. The number of phenols is 1. The van der Waals surface area contributed by atoms with Crippen LogP contribution in [0, 0.1) is 5.82 Å². The number of nitrogens with one attached hydrogen (secondary N) is 1. The maximum absolute atomic E-state index is 13.1. The Kier molecular flexibility index (Phi) is 6.26. The average molecular weight is 484 g/mol. The van der Waals surface area contributed by atoms with Gasteiger partial charge in [-0.15, -0.1) is 11.8 Å². The Balaban J connectivity index is 1.68. The second kappa shape index (κ2) is 9.13. The van der Waals surface area contributed by atoms with Crippen molar-refractivity contribution in [1.29, 1.82) is 0 Å². The molecular formula is C24H18FNO5S2. The Morgan fingerprint density at radius 1 is 0.909 bits per heavy atom. The molecular weight excluding hydrogens is 465 g/mol. The molecule has 0 aliphatic rings. The smallest absolute Gasteiger partial charge is 0.313 e. The van der Waals surface area contributed by atoms with Gasteiger partial charge in [-0.3, -0.25) is 9.52 Å². The van der Waals surface area contributed by atoms with Gasteiger partial charge in [-0.1, -0.05) is 48.5 Å². The third kappa shape index (κ3) is 4.94. The van der Waals surface area contributed by atoms with Crippen molar-refractivity contribution in [3.63, 3.8) is 0 Å². The first-order valence-corrected chi connectivity index (χ1v) is 12.2. The van der Waals surface area contributed by atoms with Crippen molar-refractivity contribution in [3.05, 3.63) is 84.7 Å². The number of carbonyl (C=O) groups is 1. The molecule has 4 aromatic rings. The third-order valence-corrected chi connectivity index (χ3v) is 7.31. The summed E-state index contributed by atoms with van der Waals surface area (Å²) >= 11 is 0.895. The summed E-state index contributed by atoms with van der Waals surface area (Å²) in [6, 6.07) is 20.2. The molecule has 168 valence electrons. The number of carboxylic acids is 1. The number of benzene rings is 4. The van der Waals surface area contributed by atoms with Crippen LogP contribution in [0.25, 0.3) is 21.9 Å². The fourth-order valence-electron chi connectivity index (χ4n) is 3.34. The molecule has 0 radical (unpaired) electrons. The van der Waals surface area contributed by atoms with E-state index in [1.165, 1.54) is 30.3 Å². The quantitative estimate of drug-likeness (QED) is 0.243. The van der Waals surface area contributed by atoms with Gasteiger partial charge in [-0.25, -0.2) is 12.8 Å². The van der Waals surface area contributed by atoms with E-state index in [0.717, 1.165) is 22.9 Å². The van der Waals surface area contributed by atoms with E-state index in [4.69, 9.17) is 5.11 Å². The van der Waals surface area contributed by atoms with E-state index in [-0.39, 0.29) is 32.8 Å². The molecule has 0 fully saturated rings. The predicted octanol–water partition coefficient (Wildman–Crippen LogP) is 5.33. The van der Waals surface area contributed by atoms with Crippen LogP contribution in [0.2, 0.25) is 0 Å². The Labute approximate surface area is 193 Å². The van der Waals surface area contributed by atoms with Crippen molar-refractivity contribution < 1.29 is 27.8 Å². The van der Waals surface area contributed by atoms with Gasteiger partial charge in [0.1, 0.15) is 11.6 Å². The highest BCUT2D eigenvalue weighted by molar-refractivity contribution is 8.00. The van der Waals surface area contributed by atoms with Crippen molar-refractivity contribution in [2.45, 2.75) is 9.79 Å². The molecule has 0 aromatic heterocycles. The zero-order valence-corrected chi connectivity index (χ0v) is 18.7. The van der Waals surface area contributed by atoms with E-state index >= 15 is 0 Å². The highest BCUT2D eigenvalue weighted by Gasteiger charge is 2.19. The zero-order chi connectivity index (χ0) is 23.6. The monoisotopic (exact) mass is 483 g/mol. The maximum Gasteiger partial charge on any atom is 0.313 e. The standard InChI is InChI=1S/C24H18FNO5S2/c25-17-9-5-15(6-10-17)16-7-11-18(12-8-16)33(30,31)26-21-13-22(32-14-23(27)28)24(29)20-4-2-1-3-19(20)21/h1-13,26,29H,14H2,(H,27,28). The van der Waals surface area contributed by atoms with Crippen LogP contribution < -0.4 is 4.72 Å². The topological polar surface area (TPSA) is 104 Å². The number of anilines is 1. The van der Waals surface area contributed by atoms with Crippen molar-refractivity contribution in [3.8, 4) is 16.9 Å². The highest BCUT2D eigenvalue weighted by Crippen LogP contribution is 2.40. The number of aromatic hydroxyl groups is 1. The number of aliphatic carboxylic acids is 1. The highest BCUT2D eigenvalue weighted by atomic mass is 32.2. The van der Waals surface area contributed by atoms with Gasteiger partial charge >= 0.3 is 5.97 Å². The molecule has 0 unspecified atom stereocenters. The lowest BCUT2D eigenvalue weighted by atomic mass is 10.1. The normalized spacial score (nSPS) is 11.4. The first-order chi connectivity index (χ1) is 15.7. The SMILES string of the molecule is O=C(O)CSc1cc(NS(=O)(=O)c2ccc(-c3ccc(F)cc3)cc2)c2ccccc2c1O. The Morgan fingerprint density at radius 3 is 2.09 bits per heavy atom. The summed E-state index contributed by atoms with van der Waals surface area (Å²) < 4.78 is 41.9. The van der Waals surface area contributed by atoms with Crippen LogP contribution in [-0.4, -0.2) is 30.4 Å². The number of rotatable bonds is 7. The maximum atomic E-state index is 13.1. The van der Waals surface area contributed by atoms with Gasteiger partial charge in [0, 0.05) is 10.8 Å². The molecule has 0 atom stereocenters. The second-order valence-corrected chi connectivity index (χ2v) is 9.84. The van der Waals surface area contributed by atoms with Crippen molar-refractivity contribution in [2.24, 2.45) is 0 Å². The molecule has 0 aliphatic carbocycles. The van der Waals surface area contributed by atoms with E-state index in [1.54, 1.807) is 48.5 Å². The summed E-state index contributed by atoms with van der Waals surface area (Å²) in [5.41, 5.74) is 1.70. The van der Waals surface area contributed by atoms with Crippen LogP contribution in [0.5, 0.6) is 5.75 Å². The van der Waals surface area contributed by atoms with Gasteiger partial charge in [0.15, 0.2) is 0 Å². The summed E-state index contributed by atoms with van der Waals surface area (Å²) in [4.78, 5) is 11.2. The number of carboxylic acid groups (broad SMARTS) is 1. The Hall–Kier alpha value is -3.56. The van der Waals surface area contributed by atoms with Gasteiger partial charge in [0.2, 0.25) is 0 Å². The van der Waals surface area contributed by atoms with E-state index < -0.39 is 16.0 Å². The Morgan fingerprint density at radius 2 is 1.48 bits per heavy atom. The van der Waals surface area contributed by atoms with Gasteiger partial charge in [-0.2, -0.15) is 0 Å². The number of hydrogen-bond acceptors (Lipinski definition) is 5. The molecule has 4 rings (SSSR count). The Bertz CT molecular complexity index is 1440. The average Bonchev–Trinajstić information content (AvgIpc) is 2.80. The summed E-state index contributed by atoms with van der Waals surface area (Å²) in [5.74, 6) is -1.81. The first-order valence-electron chi connectivity index (χ1n) is 9.73. The van der Waals surface area contributed by atoms with Crippen LogP contribution in [0.1, 0.15) is 0 Å². The number of hydrogen-bond donors (Lipinski definition) is 3. The minimum Gasteiger partial charge on any atom is -0.506 e. The lowest BCUT2D eigenvalue weighted by Crippen LogP contribution is -2.13. The number of sulfonamides is 1. The van der Waals surface area contributed by atoms with Crippen LogP contribution in [0.4, 0.5) is 10.1 Å². The molecule has 0 bridgehead atoms.